The second-order valence-electron chi connectivity index (χ2n) is 6.71. The van der Waals surface area contributed by atoms with Gasteiger partial charge in [0.15, 0.2) is 0 Å². The predicted molar refractivity (Wildman–Crippen MR) is 107 cm³/mol. The molecule has 0 radical (unpaired) electrons. The minimum absolute atomic E-state index is 0.0102. The zero-order chi connectivity index (χ0) is 18.4. The number of nitrogens with zero attached hydrogens (tertiary/aromatic N) is 1. The Morgan fingerprint density at radius 3 is 2.54 bits per heavy atom. The lowest BCUT2D eigenvalue weighted by molar-refractivity contribution is -0.116. The molecule has 1 aliphatic heterocycles. The number of amides is 1. The van der Waals surface area contributed by atoms with E-state index in [2.05, 4.69) is 28.4 Å². The van der Waals surface area contributed by atoms with Crippen molar-refractivity contribution in [1.82, 2.24) is 4.90 Å². The zero-order valence-corrected chi connectivity index (χ0v) is 15.9. The highest BCUT2D eigenvalue weighted by Gasteiger charge is 2.12. The van der Waals surface area contributed by atoms with Gasteiger partial charge in [0.05, 0.1) is 0 Å². The first-order valence-electron chi connectivity index (χ1n) is 9.04. The van der Waals surface area contributed by atoms with Gasteiger partial charge in [-0.2, -0.15) is 11.8 Å². The topological polar surface area (TPSA) is 32.3 Å². The molecule has 0 unspecified atom stereocenters. The SMILES string of the molecule is Cc1ccc(CN2CCSCC2)cc1NC(=O)CCc1ccc(F)cc1. The second-order valence-corrected chi connectivity index (χ2v) is 7.94. The lowest BCUT2D eigenvalue weighted by atomic mass is 10.1. The molecule has 26 heavy (non-hydrogen) atoms. The number of benzene rings is 2. The van der Waals surface area contributed by atoms with E-state index in [9.17, 15) is 9.18 Å². The van der Waals surface area contributed by atoms with Gasteiger partial charge in [-0.05, 0) is 48.2 Å². The lowest BCUT2D eigenvalue weighted by Gasteiger charge is -2.26. The van der Waals surface area contributed by atoms with Gasteiger partial charge in [-0.3, -0.25) is 9.69 Å². The summed E-state index contributed by atoms with van der Waals surface area (Å²) in [6.07, 6.45) is 0.995. The molecule has 1 fully saturated rings. The average Bonchev–Trinajstić information content (AvgIpc) is 2.65. The monoisotopic (exact) mass is 372 g/mol. The maximum Gasteiger partial charge on any atom is 0.224 e. The van der Waals surface area contributed by atoms with Crippen LogP contribution in [-0.2, 0) is 17.8 Å². The molecular weight excluding hydrogens is 347 g/mol. The van der Waals surface area contributed by atoms with E-state index in [1.165, 1.54) is 29.2 Å². The normalized spacial score (nSPS) is 15.0. The van der Waals surface area contributed by atoms with Crippen molar-refractivity contribution < 1.29 is 9.18 Å². The molecule has 0 aromatic heterocycles. The van der Waals surface area contributed by atoms with Crippen molar-refractivity contribution in [2.24, 2.45) is 0 Å². The highest BCUT2D eigenvalue weighted by Crippen LogP contribution is 2.20. The number of hydrogen-bond donors (Lipinski definition) is 1. The third-order valence-corrected chi connectivity index (χ3v) is 5.58. The summed E-state index contributed by atoms with van der Waals surface area (Å²) in [7, 11) is 0. The van der Waals surface area contributed by atoms with Crippen LogP contribution in [0.4, 0.5) is 10.1 Å². The van der Waals surface area contributed by atoms with Gasteiger partial charge in [0.25, 0.3) is 0 Å². The number of carbonyl (C=O) groups is 1. The summed E-state index contributed by atoms with van der Waals surface area (Å²) in [5.41, 5.74) is 4.15. The first kappa shape index (κ1) is 18.9. The molecular formula is C21H25FN2OS. The molecule has 3 rings (SSSR count). The van der Waals surface area contributed by atoms with Gasteiger partial charge in [0, 0.05) is 43.2 Å². The lowest BCUT2D eigenvalue weighted by Crippen LogP contribution is -2.32. The third-order valence-electron chi connectivity index (χ3n) is 4.64. The van der Waals surface area contributed by atoms with Gasteiger partial charge >= 0.3 is 0 Å². The van der Waals surface area contributed by atoms with Gasteiger partial charge < -0.3 is 5.32 Å². The molecule has 1 heterocycles. The molecule has 5 heteroatoms. The molecule has 3 nitrogen and oxygen atoms in total. The number of thioether (sulfide) groups is 1. The Labute approximate surface area is 159 Å². The van der Waals surface area contributed by atoms with Crippen LogP contribution in [-0.4, -0.2) is 35.4 Å². The maximum absolute atomic E-state index is 12.9. The predicted octanol–water partition coefficient (Wildman–Crippen LogP) is 4.25. The van der Waals surface area contributed by atoms with E-state index >= 15 is 0 Å². The van der Waals surface area contributed by atoms with Crippen LogP contribution >= 0.6 is 11.8 Å². The Hall–Kier alpha value is -1.85. The number of nitrogens with one attached hydrogen (secondary N) is 1. The number of aryl methyl sites for hydroxylation is 2. The van der Waals surface area contributed by atoms with Crippen molar-refractivity contribution in [3.8, 4) is 0 Å². The van der Waals surface area contributed by atoms with Crippen LogP contribution in [0.25, 0.3) is 0 Å². The molecule has 1 saturated heterocycles. The number of anilines is 1. The van der Waals surface area contributed by atoms with Crippen LogP contribution < -0.4 is 5.32 Å². The third kappa shape index (κ3) is 5.58. The van der Waals surface area contributed by atoms with Crippen LogP contribution in [0, 0.1) is 12.7 Å². The van der Waals surface area contributed by atoms with Crippen molar-refractivity contribution >= 4 is 23.4 Å². The van der Waals surface area contributed by atoms with Crippen LogP contribution in [0.5, 0.6) is 0 Å². The minimum atomic E-state index is -0.252. The van der Waals surface area contributed by atoms with E-state index in [1.54, 1.807) is 12.1 Å². The molecule has 0 aliphatic carbocycles. The summed E-state index contributed by atoms with van der Waals surface area (Å²) < 4.78 is 12.9. The number of hydrogen-bond acceptors (Lipinski definition) is 3. The van der Waals surface area contributed by atoms with Crippen LogP contribution in [0.2, 0.25) is 0 Å². The fourth-order valence-electron chi connectivity index (χ4n) is 3.04. The summed E-state index contributed by atoms with van der Waals surface area (Å²) in [6.45, 7) is 5.19. The Balaban J connectivity index is 1.56. The van der Waals surface area contributed by atoms with Gasteiger partial charge in [-0.15, -0.1) is 0 Å². The van der Waals surface area contributed by atoms with Crippen molar-refractivity contribution in [3.05, 3.63) is 65.0 Å². The Kier molecular flexibility index (Phi) is 6.69. The Bertz CT molecular complexity index is 742. The molecule has 0 bridgehead atoms. The molecule has 0 saturated carbocycles. The number of halogens is 1. The minimum Gasteiger partial charge on any atom is -0.326 e. The summed E-state index contributed by atoms with van der Waals surface area (Å²) in [5.74, 6) is 2.12. The molecule has 1 aliphatic rings. The summed E-state index contributed by atoms with van der Waals surface area (Å²) in [5, 5.41) is 3.03. The molecule has 0 spiro atoms. The summed E-state index contributed by atoms with van der Waals surface area (Å²) >= 11 is 2.01. The van der Waals surface area contributed by atoms with E-state index in [0.717, 1.165) is 36.4 Å². The molecule has 2 aromatic carbocycles. The summed E-state index contributed by atoms with van der Waals surface area (Å²) in [6, 6.07) is 12.6. The van der Waals surface area contributed by atoms with E-state index in [-0.39, 0.29) is 11.7 Å². The van der Waals surface area contributed by atoms with Crippen molar-refractivity contribution in [2.45, 2.75) is 26.3 Å². The van der Waals surface area contributed by atoms with Gasteiger partial charge in [0.1, 0.15) is 5.82 Å². The quantitative estimate of drug-likeness (QED) is 0.823. The van der Waals surface area contributed by atoms with E-state index < -0.39 is 0 Å². The van der Waals surface area contributed by atoms with Gasteiger partial charge in [-0.1, -0.05) is 24.3 Å². The molecule has 1 amide bonds. The maximum atomic E-state index is 12.9. The van der Waals surface area contributed by atoms with Crippen molar-refractivity contribution in [3.63, 3.8) is 0 Å². The van der Waals surface area contributed by atoms with E-state index in [0.29, 0.717) is 12.8 Å². The molecule has 138 valence electrons. The highest BCUT2D eigenvalue weighted by molar-refractivity contribution is 7.99. The smallest absolute Gasteiger partial charge is 0.224 e. The second kappa shape index (κ2) is 9.19. The van der Waals surface area contributed by atoms with E-state index in [4.69, 9.17) is 0 Å². The first-order valence-corrected chi connectivity index (χ1v) is 10.2. The zero-order valence-electron chi connectivity index (χ0n) is 15.1. The fourth-order valence-corrected chi connectivity index (χ4v) is 4.02. The van der Waals surface area contributed by atoms with Gasteiger partial charge in [0.2, 0.25) is 5.91 Å². The van der Waals surface area contributed by atoms with Crippen LogP contribution in [0.3, 0.4) is 0 Å². The molecule has 1 N–H and O–H groups in total. The standard InChI is InChI=1S/C21H25FN2OS/c1-16-2-3-18(15-24-10-12-26-13-11-24)14-20(16)23-21(25)9-6-17-4-7-19(22)8-5-17/h2-5,7-8,14H,6,9-13,15H2,1H3,(H,23,25). The van der Waals surface area contributed by atoms with Gasteiger partial charge in [-0.25, -0.2) is 4.39 Å². The van der Waals surface area contributed by atoms with Crippen LogP contribution in [0.1, 0.15) is 23.1 Å². The largest absolute Gasteiger partial charge is 0.326 e. The number of rotatable bonds is 6. The fraction of sp³-hybridized carbons (Fsp3) is 0.381. The van der Waals surface area contributed by atoms with E-state index in [1.807, 2.05) is 18.7 Å². The molecule has 0 atom stereocenters. The van der Waals surface area contributed by atoms with Crippen molar-refractivity contribution in [2.75, 3.05) is 29.9 Å². The van der Waals surface area contributed by atoms with Crippen LogP contribution in [0.15, 0.2) is 42.5 Å². The Morgan fingerprint density at radius 2 is 1.81 bits per heavy atom. The summed E-state index contributed by atoms with van der Waals surface area (Å²) in [4.78, 5) is 14.8. The first-order chi connectivity index (χ1) is 12.6. The molecule has 2 aromatic rings. The Morgan fingerprint density at radius 1 is 1.12 bits per heavy atom. The average molecular weight is 373 g/mol. The van der Waals surface area contributed by atoms with Crippen molar-refractivity contribution in [1.29, 1.82) is 0 Å². The number of carbonyl (C=O) groups excluding carboxylic acids is 1. The highest BCUT2D eigenvalue weighted by atomic mass is 32.2.